The zero-order valence-electron chi connectivity index (χ0n) is 14.3. The van der Waals surface area contributed by atoms with E-state index in [4.69, 9.17) is 9.47 Å². The predicted molar refractivity (Wildman–Crippen MR) is 101 cm³/mol. The first-order valence-corrected chi connectivity index (χ1v) is 9.48. The number of carbonyl (C=O) groups is 1. The van der Waals surface area contributed by atoms with Crippen LogP contribution >= 0.6 is 11.3 Å². The van der Waals surface area contributed by atoms with Crippen LogP contribution in [0.4, 0.5) is 10.8 Å². The number of ether oxygens (including phenoxy) is 2. The van der Waals surface area contributed by atoms with Crippen molar-refractivity contribution in [3.8, 4) is 11.5 Å². The number of carbonyl (C=O) groups excluding carboxylic acids is 1. The molecule has 1 N–H and O–H groups in total. The number of nitrogens with zero attached hydrogens (tertiary/aromatic N) is 3. The van der Waals surface area contributed by atoms with Gasteiger partial charge in [0.05, 0.1) is 0 Å². The van der Waals surface area contributed by atoms with E-state index in [9.17, 15) is 4.79 Å². The van der Waals surface area contributed by atoms with Gasteiger partial charge < -0.3 is 19.7 Å². The van der Waals surface area contributed by atoms with Gasteiger partial charge in [-0.1, -0.05) is 6.07 Å². The van der Waals surface area contributed by atoms with Crippen LogP contribution in [0.15, 0.2) is 41.9 Å². The fraction of sp³-hybridized carbons (Fsp3) is 0.211. The smallest absolute Gasteiger partial charge is 0.273 e. The van der Waals surface area contributed by atoms with Gasteiger partial charge in [0.25, 0.3) is 5.91 Å². The summed E-state index contributed by atoms with van der Waals surface area (Å²) in [5.41, 5.74) is 3.47. The van der Waals surface area contributed by atoms with Crippen molar-refractivity contribution in [2.45, 2.75) is 13.0 Å². The van der Waals surface area contributed by atoms with Crippen molar-refractivity contribution in [3.05, 3.63) is 58.9 Å². The van der Waals surface area contributed by atoms with E-state index in [-0.39, 0.29) is 12.7 Å². The number of benzene rings is 1. The van der Waals surface area contributed by atoms with Gasteiger partial charge in [0.1, 0.15) is 5.69 Å². The van der Waals surface area contributed by atoms with Gasteiger partial charge >= 0.3 is 0 Å². The average Bonchev–Trinajstić information content (AvgIpc) is 3.36. The SMILES string of the molecule is O=C(c1csc(Nc2ccc3c(c2)OCO3)n1)N1CCc2ncccc2C1. The van der Waals surface area contributed by atoms with Crippen molar-refractivity contribution < 1.29 is 14.3 Å². The molecule has 3 aromatic rings. The van der Waals surface area contributed by atoms with Crippen LogP contribution in [-0.4, -0.2) is 34.1 Å². The largest absolute Gasteiger partial charge is 0.454 e. The molecule has 0 radical (unpaired) electrons. The Bertz CT molecular complexity index is 1020. The van der Waals surface area contributed by atoms with Gasteiger partial charge in [-0.25, -0.2) is 4.98 Å². The molecular weight excluding hydrogens is 364 g/mol. The van der Waals surface area contributed by atoms with Crippen LogP contribution in [0, 0.1) is 0 Å². The van der Waals surface area contributed by atoms with Crippen LogP contribution in [0.1, 0.15) is 21.7 Å². The Morgan fingerprint density at radius 1 is 1.22 bits per heavy atom. The summed E-state index contributed by atoms with van der Waals surface area (Å²) in [6.07, 6.45) is 2.57. The van der Waals surface area contributed by atoms with Crippen molar-refractivity contribution in [1.29, 1.82) is 0 Å². The first-order valence-electron chi connectivity index (χ1n) is 8.60. The number of nitrogens with one attached hydrogen (secondary N) is 1. The Labute approximate surface area is 159 Å². The number of hydrogen-bond donors (Lipinski definition) is 1. The molecule has 0 atom stereocenters. The summed E-state index contributed by atoms with van der Waals surface area (Å²) >= 11 is 1.40. The van der Waals surface area contributed by atoms with Crippen LogP contribution in [-0.2, 0) is 13.0 Å². The maximum Gasteiger partial charge on any atom is 0.273 e. The molecule has 0 spiro atoms. The molecule has 5 rings (SSSR count). The number of fused-ring (bicyclic) bond motifs is 2. The van der Waals surface area contributed by atoms with Crippen LogP contribution < -0.4 is 14.8 Å². The summed E-state index contributed by atoms with van der Waals surface area (Å²) in [5.74, 6) is 1.38. The number of anilines is 2. The molecular formula is C19H16N4O3S. The Morgan fingerprint density at radius 3 is 3.11 bits per heavy atom. The van der Waals surface area contributed by atoms with Gasteiger partial charge in [-0.2, -0.15) is 0 Å². The van der Waals surface area contributed by atoms with E-state index in [2.05, 4.69) is 15.3 Å². The summed E-state index contributed by atoms with van der Waals surface area (Å²) in [6.45, 7) is 1.47. The van der Waals surface area contributed by atoms with Crippen molar-refractivity contribution in [2.75, 3.05) is 18.7 Å². The summed E-state index contributed by atoms with van der Waals surface area (Å²) in [7, 11) is 0. The monoisotopic (exact) mass is 380 g/mol. The summed E-state index contributed by atoms with van der Waals surface area (Å²) in [5, 5.41) is 5.67. The minimum Gasteiger partial charge on any atom is -0.454 e. The summed E-state index contributed by atoms with van der Waals surface area (Å²) in [4.78, 5) is 23.5. The molecule has 0 unspecified atom stereocenters. The second-order valence-corrected chi connectivity index (χ2v) is 7.17. The van der Waals surface area contributed by atoms with Crippen molar-refractivity contribution in [3.63, 3.8) is 0 Å². The van der Waals surface area contributed by atoms with E-state index < -0.39 is 0 Å². The minimum absolute atomic E-state index is 0.0560. The Balaban J connectivity index is 1.30. The molecule has 0 saturated heterocycles. The van der Waals surface area contributed by atoms with Gasteiger partial charge in [0.2, 0.25) is 6.79 Å². The Morgan fingerprint density at radius 2 is 2.15 bits per heavy atom. The molecule has 8 heteroatoms. The van der Waals surface area contributed by atoms with Crippen LogP contribution in [0.5, 0.6) is 11.5 Å². The first-order chi connectivity index (χ1) is 13.3. The van der Waals surface area contributed by atoms with Gasteiger partial charge in [0, 0.05) is 48.5 Å². The lowest BCUT2D eigenvalue weighted by molar-refractivity contribution is 0.0728. The fourth-order valence-corrected chi connectivity index (χ4v) is 3.93. The van der Waals surface area contributed by atoms with Crippen molar-refractivity contribution in [1.82, 2.24) is 14.9 Å². The molecule has 4 heterocycles. The van der Waals surface area contributed by atoms with Crippen molar-refractivity contribution >= 4 is 28.1 Å². The van der Waals surface area contributed by atoms with E-state index in [0.29, 0.717) is 29.7 Å². The number of amides is 1. The van der Waals surface area contributed by atoms with Gasteiger partial charge in [-0.05, 0) is 23.8 Å². The zero-order valence-corrected chi connectivity index (χ0v) is 15.2. The third-order valence-corrected chi connectivity index (χ3v) is 5.36. The highest BCUT2D eigenvalue weighted by Gasteiger charge is 2.24. The number of aromatic nitrogens is 2. The molecule has 2 aromatic heterocycles. The normalized spacial score (nSPS) is 14.7. The van der Waals surface area contributed by atoms with Gasteiger partial charge in [0.15, 0.2) is 16.6 Å². The van der Waals surface area contributed by atoms with E-state index in [1.807, 2.05) is 35.2 Å². The number of hydrogen-bond acceptors (Lipinski definition) is 7. The van der Waals surface area contributed by atoms with E-state index in [1.54, 1.807) is 11.6 Å². The lowest BCUT2D eigenvalue weighted by Crippen LogP contribution is -2.36. The molecule has 0 bridgehead atoms. The first kappa shape index (κ1) is 16.1. The topological polar surface area (TPSA) is 76.6 Å². The van der Waals surface area contributed by atoms with E-state index in [1.165, 1.54) is 11.3 Å². The number of thiazole rings is 1. The molecule has 0 fully saturated rings. The lowest BCUT2D eigenvalue weighted by atomic mass is 10.1. The molecule has 1 amide bonds. The molecule has 2 aliphatic heterocycles. The Hall–Kier alpha value is -3.13. The van der Waals surface area contributed by atoms with E-state index in [0.717, 1.165) is 29.1 Å². The third-order valence-electron chi connectivity index (χ3n) is 4.60. The second kappa shape index (κ2) is 6.55. The van der Waals surface area contributed by atoms with E-state index >= 15 is 0 Å². The molecule has 136 valence electrons. The molecule has 1 aromatic carbocycles. The van der Waals surface area contributed by atoms with Gasteiger partial charge in [-0.15, -0.1) is 11.3 Å². The highest BCUT2D eigenvalue weighted by Crippen LogP contribution is 2.35. The molecule has 0 saturated carbocycles. The minimum atomic E-state index is -0.0560. The maximum atomic E-state index is 12.8. The molecule has 0 aliphatic carbocycles. The highest BCUT2D eigenvalue weighted by molar-refractivity contribution is 7.14. The fourth-order valence-electron chi connectivity index (χ4n) is 3.23. The molecule has 2 aliphatic rings. The third kappa shape index (κ3) is 3.08. The Kier molecular flexibility index (Phi) is 3.90. The zero-order chi connectivity index (χ0) is 18.2. The number of rotatable bonds is 3. The van der Waals surface area contributed by atoms with Crippen LogP contribution in [0.3, 0.4) is 0 Å². The van der Waals surface area contributed by atoms with Gasteiger partial charge in [-0.3, -0.25) is 9.78 Å². The predicted octanol–water partition coefficient (Wildman–Crippen LogP) is 3.21. The molecule has 27 heavy (non-hydrogen) atoms. The second-order valence-electron chi connectivity index (χ2n) is 6.32. The summed E-state index contributed by atoms with van der Waals surface area (Å²) < 4.78 is 10.7. The van der Waals surface area contributed by atoms with Crippen LogP contribution in [0.2, 0.25) is 0 Å². The van der Waals surface area contributed by atoms with Crippen LogP contribution in [0.25, 0.3) is 0 Å². The quantitative estimate of drug-likeness (QED) is 0.752. The molecule has 7 nitrogen and oxygen atoms in total. The number of pyridine rings is 1. The lowest BCUT2D eigenvalue weighted by Gasteiger charge is -2.27. The van der Waals surface area contributed by atoms with Crippen molar-refractivity contribution in [2.24, 2.45) is 0 Å². The highest BCUT2D eigenvalue weighted by atomic mass is 32.1. The standard InChI is InChI=1S/C19H16N4O3S/c24-18(23-7-5-14-12(9-23)2-1-6-20-14)15-10-27-19(22-15)21-13-3-4-16-17(8-13)26-11-25-16/h1-4,6,8,10H,5,7,9,11H2,(H,21,22). The average molecular weight is 380 g/mol. The maximum absolute atomic E-state index is 12.8. The summed E-state index contributed by atoms with van der Waals surface area (Å²) in [6, 6.07) is 9.53.